The summed E-state index contributed by atoms with van der Waals surface area (Å²) in [7, 11) is 0. The summed E-state index contributed by atoms with van der Waals surface area (Å²) >= 11 is 7.11. The van der Waals surface area contributed by atoms with Gasteiger partial charge in [-0.25, -0.2) is 0 Å². The van der Waals surface area contributed by atoms with Gasteiger partial charge < -0.3 is 10.4 Å². The first kappa shape index (κ1) is 15.5. The van der Waals surface area contributed by atoms with Crippen LogP contribution in [0.15, 0.2) is 34.5 Å². The number of carbonyl (C=O) groups excluding carboxylic acids is 1. The fraction of sp³-hybridized carbons (Fsp3) is 0.231. The fourth-order valence-corrected chi connectivity index (χ4v) is 2.86. The lowest BCUT2D eigenvalue weighted by atomic mass is 10.1. The summed E-state index contributed by atoms with van der Waals surface area (Å²) in [6, 6.07) is 7.21. The first-order valence-corrected chi connectivity index (χ1v) is 7.29. The molecule has 0 saturated carbocycles. The van der Waals surface area contributed by atoms with Crippen LogP contribution < -0.4 is 5.32 Å². The average molecular weight is 326 g/mol. The molecule has 2 rings (SSSR count). The van der Waals surface area contributed by atoms with E-state index in [2.05, 4.69) is 15.5 Å². The summed E-state index contributed by atoms with van der Waals surface area (Å²) < 4.78 is 0. The summed E-state index contributed by atoms with van der Waals surface area (Å²) in [6.07, 6.45) is -0.247. The van der Waals surface area contributed by atoms with E-state index < -0.39 is 11.2 Å². The van der Waals surface area contributed by atoms with Crippen LogP contribution in [0.4, 0.5) is 0 Å². The Morgan fingerprint density at radius 3 is 2.86 bits per heavy atom. The van der Waals surface area contributed by atoms with E-state index in [4.69, 9.17) is 16.7 Å². The number of hydrogen-bond acceptors (Lipinski definition) is 5. The number of amides is 1. The first-order valence-electron chi connectivity index (χ1n) is 6.04. The Balaban J connectivity index is 2.11. The van der Waals surface area contributed by atoms with Crippen molar-refractivity contribution in [2.24, 2.45) is 10.2 Å². The minimum Gasteiger partial charge on any atom is -0.481 e. The van der Waals surface area contributed by atoms with E-state index in [1.165, 1.54) is 0 Å². The van der Waals surface area contributed by atoms with E-state index in [-0.39, 0.29) is 17.5 Å². The molecule has 1 aliphatic rings. The quantitative estimate of drug-likeness (QED) is 0.655. The highest BCUT2D eigenvalue weighted by Crippen LogP contribution is 2.22. The van der Waals surface area contributed by atoms with Gasteiger partial charge in [-0.1, -0.05) is 41.6 Å². The second-order valence-corrected chi connectivity index (χ2v) is 5.86. The number of rotatable bonds is 4. The maximum absolute atomic E-state index is 11.5. The highest BCUT2D eigenvalue weighted by atomic mass is 35.5. The molecule has 1 atom stereocenters. The molecule has 1 fully saturated rings. The van der Waals surface area contributed by atoms with Crippen LogP contribution in [-0.4, -0.2) is 33.1 Å². The smallest absolute Gasteiger partial charge is 0.305 e. The Labute approximate surface area is 130 Å². The summed E-state index contributed by atoms with van der Waals surface area (Å²) in [5, 5.41) is 19.3. The largest absolute Gasteiger partial charge is 0.481 e. The first-order chi connectivity index (χ1) is 9.97. The molecule has 6 nitrogen and oxygen atoms in total. The molecule has 1 aromatic carbocycles. The van der Waals surface area contributed by atoms with Gasteiger partial charge in [0.2, 0.25) is 5.91 Å². The van der Waals surface area contributed by atoms with Crippen molar-refractivity contribution in [3.05, 3.63) is 34.9 Å². The number of carboxylic acids is 1. The third kappa shape index (κ3) is 4.05. The zero-order valence-corrected chi connectivity index (χ0v) is 12.6. The molecule has 1 heterocycles. The lowest BCUT2D eigenvalue weighted by Gasteiger charge is -2.01. The number of amidine groups is 1. The Bertz CT molecular complexity index is 645. The van der Waals surface area contributed by atoms with E-state index in [0.717, 1.165) is 17.3 Å². The van der Waals surface area contributed by atoms with Crippen LogP contribution in [0.2, 0.25) is 5.02 Å². The SMILES string of the molecule is C/C(=N/N=C1\NC(=O)[C@@H](CC(=O)O)S1)c1ccccc1Cl. The van der Waals surface area contributed by atoms with Gasteiger partial charge in [0.1, 0.15) is 5.25 Å². The lowest BCUT2D eigenvalue weighted by molar-refractivity contribution is -0.138. The summed E-state index contributed by atoms with van der Waals surface area (Å²) in [5.74, 6) is -1.40. The molecular formula is C13H12ClN3O3S. The molecule has 0 aliphatic carbocycles. The fourth-order valence-electron chi connectivity index (χ4n) is 1.67. The van der Waals surface area contributed by atoms with Crippen LogP contribution in [0.3, 0.4) is 0 Å². The summed E-state index contributed by atoms with van der Waals surface area (Å²) in [6.45, 7) is 1.75. The standard InChI is InChI=1S/C13H12ClN3O3S/c1-7(8-4-2-3-5-9(8)14)16-17-13-15-12(20)10(21-13)6-11(18)19/h2-5,10H,6H2,1H3,(H,18,19)(H,15,17,20)/b16-7-/t10-/m1/s1. The molecule has 21 heavy (non-hydrogen) atoms. The highest BCUT2D eigenvalue weighted by Gasteiger charge is 2.32. The number of carboxylic acid groups (broad SMARTS) is 1. The number of aliphatic carboxylic acids is 1. The van der Waals surface area contributed by atoms with Gasteiger partial charge in [-0.3, -0.25) is 9.59 Å². The van der Waals surface area contributed by atoms with Crippen LogP contribution in [0.5, 0.6) is 0 Å². The number of nitrogens with one attached hydrogen (secondary N) is 1. The molecule has 1 saturated heterocycles. The minimum atomic E-state index is -1.03. The number of nitrogens with zero attached hydrogens (tertiary/aromatic N) is 2. The summed E-state index contributed by atoms with van der Waals surface area (Å²) in [4.78, 5) is 22.2. The molecule has 8 heteroatoms. The molecule has 2 N–H and O–H groups in total. The van der Waals surface area contributed by atoms with Crippen LogP contribution in [0, 0.1) is 0 Å². The van der Waals surface area contributed by atoms with Gasteiger partial charge >= 0.3 is 5.97 Å². The van der Waals surface area contributed by atoms with Gasteiger partial charge in [0, 0.05) is 10.6 Å². The van der Waals surface area contributed by atoms with Gasteiger partial charge in [0.25, 0.3) is 0 Å². The van der Waals surface area contributed by atoms with Crippen LogP contribution in [0.25, 0.3) is 0 Å². The second kappa shape index (κ2) is 6.73. The maximum Gasteiger partial charge on any atom is 0.305 e. The van der Waals surface area contributed by atoms with E-state index in [9.17, 15) is 9.59 Å². The van der Waals surface area contributed by atoms with E-state index in [1.54, 1.807) is 13.0 Å². The van der Waals surface area contributed by atoms with Crippen LogP contribution in [-0.2, 0) is 9.59 Å². The molecule has 1 aliphatic heterocycles. The maximum atomic E-state index is 11.5. The number of carbonyl (C=O) groups is 2. The van der Waals surface area contributed by atoms with Gasteiger partial charge in [-0.2, -0.15) is 5.10 Å². The molecule has 0 radical (unpaired) electrons. The van der Waals surface area contributed by atoms with E-state index in [1.807, 2.05) is 18.2 Å². The second-order valence-electron chi connectivity index (χ2n) is 4.26. The van der Waals surface area contributed by atoms with Crippen molar-refractivity contribution >= 4 is 46.1 Å². The Kier molecular flexibility index (Phi) is 4.98. The van der Waals surface area contributed by atoms with Crippen molar-refractivity contribution in [3.63, 3.8) is 0 Å². The van der Waals surface area contributed by atoms with Crippen molar-refractivity contribution in [1.82, 2.24) is 5.32 Å². The van der Waals surface area contributed by atoms with Crippen molar-refractivity contribution in [2.75, 3.05) is 0 Å². The number of benzene rings is 1. The Hall–Kier alpha value is -1.86. The lowest BCUT2D eigenvalue weighted by Crippen LogP contribution is -2.26. The van der Waals surface area contributed by atoms with Gasteiger partial charge in [0.15, 0.2) is 5.17 Å². The van der Waals surface area contributed by atoms with Crippen molar-refractivity contribution < 1.29 is 14.7 Å². The van der Waals surface area contributed by atoms with Gasteiger partial charge in [-0.05, 0) is 13.0 Å². The Morgan fingerprint density at radius 1 is 1.48 bits per heavy atom. The predicted octanol–water partition coefficient (Wildman–Crippen LogP) is 2.13. The molecule has 0 bridgehead atoms. The zero-order valence-electron chi connectivity index (χ0n) is 11.0. The molecule has 1 amide bonds. The third-order valence-electron chi connectivity index (χ3n) is 2.69. The van der Waals surface area contributed by atoms with E-state index in [0.29, 0.717) is 10.7 Å². The molecule has 1 aromatic rings. The summed E-state index contributed by atoms with van der Waals surface area (Å²) in [5.41, 5.74) is 1.35. The minimum absolute atomic E-state index is 0.247. The van der Waals surface area contributed by atoms with Gasteiger partial charge in [-0.15, -0.1) is 5.10 Å². The molecule has 0 unspecified atom stereocenters. The topological polar surface area (TPSA) is 91.1 Å². The third-order valence-corrected chi connectivity index (χ3v) is 4.09. The van der Waals surface area contributed by atoms with Crippen molar-refractivity contribution in [2.45, 2.75) is 18.6 Å². The van der Waals surface area contributed by atoms with Crippen LogP contribution >= 0.6 is 23.4 Å². The van der Waals surface area contributed by atoms with Gasteiger partial charge in [0.05, 0.1) is 12.1 Å². The Morgan fingerprint density at radius 2 is 2.19 bits per heavy atom. The van der Waals surface area contributed by atoms with Crippen molar-refractivity contribution in [3.8, 4) is 0 Å². The number of halogens is 1. The molecular weight excluding hydrogens is 314 g/mol. The zero-order chi connectivity index (χ0) is 15.4. The van der Waals surface area contributed by atoms with Crippen LogP contribution in [0.1, 0.15) is 18.9 Å². The highest BCUT2D eigenvalue weighted by molar-refractivity contribution is 8.15. The van der Waals surface area contributed by atoms with E-state index >= 15 is 0 Å². The molecule has 0 aromatic heterocycles. The number of thioether (sulfide) groups is 1. The molecule has 0 spiro atoms. The number of hydrogen-bond donors (Lipinski definition) is 2. The molecule has 110 valence electrons. The average Bonchev–Trinajstić information content (AvgIpc) is 2.76. The predicted molar refractivity (Wildman–Crippen MR) is 82.9 cm³/mol. The normalized spacial score (nSPS) is 20.7. The van der Waals surface area contributed by atoms with Crippen molar-refractivity contribution in [1.29, 1.82) is 0 Å². The monoisotopic (exact) mass is 325 g/mol.